The van der Waals surface area contributed by atoms with Gasteiger partial charge in [-0.05, 0) is 25.9 Å². The number of hydrogen-bond donors (Lipinski definition) is 0. The Bertz CT molecular complexity index is 245. The number of piperidine rings is 1. The first-order valence-corrected chi connectivity index (χ1v) is 5.65. The summed E-state index contributed by atoms with van der Waals surface area (Å²) in [6.45, 7) is 6.30. The van der Waals surface area contributed by atoms with Crippen molar-refractivity contribution in [1.29, 1.82) is 0 Å². The first-order valence-electron chi connectivity index (χ1n) is 5.27. The Morgan fingerprint density at radius 1 is 1.47 bits per heavy atom. The summed E-state index contributed by atoms with van der Waals surface area (Å²) in [5, 5.41) is 0.674. The van der Waals surface area contributed by atoms with Crippen LogP contribution in [0.3, 0.4) is 0 Å². The molecular formula is C11H19ClN2O. The highest BCUT2D eigenvalue weighted by Crippen LogP contribution is 2.19. The average Bonchev–Trinajstić information content (AvgIpc) is 2.17. The number of hydrogen-bond acceptors (Lipinski definition) is 2. The van der Waals surface area contributed by atoms with E-state index >= 15 is 0 Å². The monoisotopic (exact) mass is 230 g/mol. The Morgan fingerprint density at radius 2 is 2.00 bits per heavy atom. The third-order valence-electron chi connectivity index (χ3n) is 2.77. The molecular weight excluding hydrogens is 212 g/mol. The van der Waals surface area contributed by atoms with Crippen molar-refractivity contribution >= 4 is 17.5 Å². The zero-order valence-corrected chi connectivity index (χ0v) is 10.3. The molecule has 0 unspecified atom stereocenters. The van der Waals surface area contributed by atoms with Crippen LogP contribution >= 0.6 is 11.6 Å². The number of rotatable bonds is 3. The minimum absolute atomic E-state index is 0.194. The molecule has 0 aromatic rings. The lowest BCUT2D eigenvalue weighted by atomic mass is 9.95. The van der Waals surface area contributed by atoms with Gasteiger partial charge in [-0.15, -0.1) is 0 Å². The van der Waals surface area contributed by atoms with Gasteiger partial charge in [0.2, 0.25) is 5.91 Å². The van der Waals surface area contributed by atoms with Crippen LogP contribution in [-0.4, -0.2) is 49.4 Å². The quantitative estimate of drug-likeness (QED) is 0.735. The largest absolute Gasteiger partial charge is 0.349 e. The molecule has 15 heavy (non-hydrogen) atoms. The number of amides is 1. The van der Waals surface area contributed by atoms with Gasteiger partial charge in [-0.2, -0.15) is 0 Å². The Hall–Kier alpha value is -0.540. The van der Waals surface area contributed by atoms with Crippen molar-refractivity contribution in [1.82, 2.24) is 9.80 Å². The van der Waals surface area contributed by atoms with Gasteiger partial charge in [0.25, 0.3) is 0 Å². The van der Waals surface area contributed by atoms with Gasteiger partial charge in [0, 0.05) is 31.6 Å². The van der Waals surface area contributed by atoms with E-state index in [4.69, 9.17) is 11.6 Å². The van der Waals surface area contributed by atoms with Crippen molar-refractivity contribution in [3.8, 4) is 0 Å². The molecule has 0 bridgehead atoms. The molecule has 0 aromatic heterocycles. The third kappa shape index (κ3) is 3.84. The molecule has 0 aliphatic carbocycles. The van der Waals surface area contributed by atoms with E-state index in [1.165, 1.54) is 0 Å². The fourth-order valence-electron chi connectivity index (χ4n) is 1.95. The van der Waals surface area contributed by atoms with Gasteiger partial charge in [-0.1, -0.05) is 18.2 Å². The molecule has 3 nitrogen and oxygen atoms in total. The van der Waals surface area contributed by atoms with Crippen LogP contribution in [0, 0.1) is 5.92 Å². The predicted molar refractivity (Wildman–Crippen MR) is 62.9 cm³/mol. The molecule has 86 valence electrons. The van der Waals surface area contributed by atoms with Crippen LogP contribution in [0.2, 0.25) is 0 Å². The summed E-state index contributed by atoms with van der Waals surface area (Å²) in [6, 6.07) is 0. The lowest BCUT2D eigenvalue weighted by molar-refractivity contribution is -0.134. The van der Waals surface area contributed by atoms with Crippen molar-refractivity contribution in [3.63, 3.8) is 0 Å². The Kier molecular flexibility index (Phi) is 4.61. The zero-order valence-electron chi connectivity index (χ0n) is 9.50. The van der Waals surface area contributed by atoms with Crippen molar-refractivity contribution in [3.05, 3.63) is 11.6 Å². The molecule has 0 aromatic carbocycles. The van der Waals surface area contributed by atoms with Crippen LogP contribution < -0.4 is 0 Å². The van der Waals surface area contributed by atoms with Crippen LogP contribution in [0.5, 0.6) is 0 Å². The topological polar surface area (TPSA) is 23.6 Å². The van der Waals surface area contributed by atoms with Crippen molar-refractivity contribution in [2.45, 2.75) is 12.8 Å². The Balaban J connectivity index is 2.35. The van der Waals surface area contributed by atoms with Gasteiger partial charge in [-0.3, -0.25) is 9.69 Å². The van der Waals surface area contributed by atoms with Crippen molar-refractivity contribution < 1.29 is 4.79 Å². The van der Waals surface area contributed by atoms with Crippen molar-refractivity contribution in [2.24, 2.45) is 5.92 Å². The first-order chi connectivity index (χ1) is 7.00. The minimum atomic E-state index is 0.194. The Morgan fingerprint density at radius 3 is 2.40 bits per heavy atom. The van der Waals surface area contributed by atoms with Crippen LogP contribution in [0.4, 0.5) is 0 Å². The molecule has 1 amide bonds. The second-order valence-corrected chi connectivity index (χ2v) is 4.83. The highest BCUT2D eigenvalue weighted by atomic mass is 35.5. The maximum atomic E-state index is 11.7. The summed E-state index contributed by atoms with van der Waals surface area (Å²) in [5.74, 6) is 0.444. The predicted octanol–water partition coefficient (Wildman–Crippen LogP) is 1.54. The second-order valence-electron chi connectivity index (χ2n) is 4.30. The summed E-state index contributed by atoms with van der Waals surface area (Å²) < 4.78 is 0. The van der Waals surface area contributed by atoms with Gasteiger partial charge < -0.3 is 4.90 Å². The standard InChI is InChI=1S/C11H19ClN2O/c1-9(12)8-14-6-4-10(5-7-14)11(15)13(2)3/h10H,1,4-8H2,2-3H3. The van der Waals surface area contributed by atoms with Gasteiger partial charge in [-0.25, -0.2) is 0 Å². The molecule has 4 heteroatoms. The molecule has 0 saturated carbocycles. The summed E-state index contributed by atoms with van der Waals surface area (Å²) in [4.78, 5) is 15.6. The van der Waals surface area contributed by atoms with Crippen LogP contribution in [-0.2, 0) is 4.79 Å². The van der Waals surface area contributed by atoms with E-state index in [2.05, 4.69) is 11.5 Å². The number of carbonyl (C=O) groups excluding carboxylic acids is 1. The van der Waals surface area contributed by atoms with Crippen LogP contribution in [0.1, 0.15) is 12.8 Å². The average molecular weight is 231 g/mol. The smallest absolute Gasteiger partial charge is 0.225 e. The summed E-state index contributed by atoms with van der Waals surface area (Å²) in [5.41, 5.74) is 0. The fraction of sp³-hybridized carbons (Fsp3) is 0.727. The Labute approximate surface area is 96.7 Å². The molecule has 1 heterocycles. The summed E-state index contributed by atoms with van der Waals surface area (Å²) >= 11 is 5.75. The molecule has 0 N–H and O–H groups in total. The van der Waals surface area contributed by atoms with E-state index in [0.717, 1.165) is 32.5 Å². The fourth-order valence-corrected chi connectivity index (χ4v) is 2.11. The number of halogens is 1. The third-order valence-corrected chi connectivity index (χ3v) is 2.89. The summed E-state index contributed by atoms with van der Waals surface area (Å²) in [6.07, 6.45) is 1.86. The SMILES string of the molecule is C=C(Cl)CN1CCC(C(=O)N(C)C)CC1. The van der Waals surface area contributed by atoms with Crippen LogP contribution in [0.15, 0.2) is 11.6 Å². The maximum Gasteiger partial charge on any atom is 0.225 e. The highest BCUT2D eigenvalue weighted by molar-refractivity contribution is 6.29. The van der Waals surface area contributed by atoms with Gasteiger partial charge >= 0.3 is 0 Å². The minimum Gasteiger partial charge on any atom is -0.349 e. The molecule has 1 fully saturated rings. The lowest BCUT2D eigenvalue weighted by Crippen LogP contribution is -2.40. The number of carbonyl (C=O) groups is 1. The molecule has 1 rings (SSSR count). The second kappa shape index (κ2) is 5.52. The molecule has 0 atom stereocenters. The van der Waals surface area contributed by atoms with E-state index in [9.17, 15) is 4.79 Å². The molecule has 1 aliphatic heterocycles. The van der Waals surface area contributed by atoms with E-state index < -0.39 is 0 Å². The van der Waals surface area contributed by atoms with E-state index in [-0.39, 0.29) is 11.8 Å². The van der Waals surface area contributed by atoms with E-state index in [1.807, 2.05) is 14.1 Å². The van der Waals surface area contributed by atoms with Gasteiger partial charge in [0.05, 0.1) is 0 Å². The number of nitrogens with zero attached hydrogens (tertiary/aromatic N) is 2. The molecule has 0 radical (unpaired) electrons. The number of likely N-dealkylation sites (tertiary alicyclic amines) is 1. The molecule has 1 aliphatic rings. The molecule has 0 spiro atoms. The van der Waals surface area contributed by atoms with E-state index in [1.54, 1.807) is 4.90 Å². The molecule has 1 saturated heterocycles. The van der Waals surface area contributed by atoms with Crippen molar-refractivity contribution in [2.75, 3.05) is 33.7 Å². The van der Waals surface area contributed by atoms with Crippen LogP contribution in [0.25, 0.3) is 0 Å². The van der Waals surface area contributed by atoms with Gasteiger partial charge in [0.1, 0.15) is 0 Å². The van der Waals surface area contributed by atoms with E-state index in [0.29, 0.717) is 5.03 Å². The first kappa shape index (κ1) is 12.5. The zero-order chi connectivity index (χ0) is 11.4. The van der Waals surface area contributed by atoms with Gasteiger partial charge in [0.15, 0.2) is 0 Å². The maximum absolute atomic E-state index is 11.7. The normalized spacial score (nSPS) is 18.9. The summed E-state index contributed by atoms with van der Waals surface area (Å²) in [7, 11) is 3.63. The lowest BCUT2D eigenvalue weighted by Gasteiger charge is -2.32. The highest BCUT2D eigenvalue weighted by Gasteiger charge is 2.25.